The topological polar surface area (TPSA) is 57.2 Å². The summed E-state index contributed by atoms with van der Waals surface area (Å²) in [4.78, 5) is 0. The maximum atomic E-state index is 10.6. The lowest BCUT2D eigenvalue weighted by atomic mass is 9.97. The van der Waals surface area contributed by atoms with E-state index in [1.165, 1.54) is 0 Å². The molecule has 0 aromatic heterocycles. The summed E-state index contributed by atoms with van der Waals surface area (Å²) < 4.78 is 24.3. The van der Waals surface area contributed by atoms with Gasteiger partial charge in [0.2, 0.25) is 0 Å². The third kappa shape index (κ3) is 7.06. The summed E-state index contributed by atoms with van der Waals surface area (Å²) in [7, 11) is 0. The maximum absolute atomic E-state index is 10.6. The van der Waals surface area contributed by atoms with E-state index in [9.17, 15) is 5.11 Å². The van der Waals surface area contributed by atoms with Crippen LogP contribution >= 0.6 is 0 Å². The van der Waals surface area contributed by atoms with Crippen LogP contribution in [0, 0.1) is 0 Å². The van der Waals surface area contributed by atoms with Crippen molar-refractivity contribution in [3.8, 4) is 0 Å². The number of rotatable bonds is 3. The smallest absolute Gasteiger partial charge is 0.187 e. The van der Waals surface area contributed by atoms with Crippen molar-refractivity contribution in [3.05, 3.63) is 0 Å². The molecule has 1 fully saturated rings. The molecule has 138 valence electrons. The molecule has 5 atom stereocenters. The van der Waals surface area contributed by atoms with E-state index >= 15 is 0 Å². The molecule has 0 amide bonds. The van der Waals surface area contributed by atoms with Gasteiger partial charge in [0.25, 0.3) is 0 Å². The lowest BCUT2D eigenvalue weighted by Crippen LogP contribution is -2.62. The first-order chi connectivity index (χ1) is 10.1. The molecule has 5 heteroatoms. The Bertz CT molecular complexity index is 374. The van der Waals surface area contributed by atoms with Crippen LogP contribution in [0.3, 0.4) is 0 Å². The second-order valence-electron chi connectivity index (χ2n) is 9.32. The lowest BCUT2D eigenvalue weighted by molar-refractivity contribution is -0.347. The normalized spacial score (nSPS) is 33.8. The van der Waals surface area contributed by atoms with Crippen molar-refractivity contribution in [2.45, 2.75) is 117 Å². The van der Waals surface area contributed by atoms with Crippen LogP contribution in [0.15, 0.2) is 0 Å². The van der Waals surface area contributed by atoms with E-state index in [4.69, 9.17) is 18.9 Å². The van der Waals surface area contributed by atoms with E-state index in [1.54, 1.807) is 0 Å². The van der Waals surface area contributed by atoms with Crippen molar-refractivity contribution < 1.29 is 24.1 Å². The van der Waals surface area contributed by atoms with Crippen LogP contribution in [0.25, 0.3) is 0 Å². The SMILES string of the molecule is CC1OC(OC(C)(C)C)C(OC(C)(C)C)C(OC(C)(C)C)C1O. The Labute approximate surface area is 141 Å². The highest BCUT2D eigenvalue weighted by atomic mass is 16.7. The van der Waals surface area contributed by atoms with Gasteiger partial charge in [-0.2, -0.15) is 0 Å². The van der Waals surface area contributed by atoms with Crippen molar-refractivity contribution in [1.82, 2.24) is 0 Å². The van der Waals surface area contributed by atoms with E-state index in [-0.39, 0.29) is 0 Å². The highest BCUT2D eigenvalue weighted by molar-refractivity contribution is 4.93. The van der Waals surface area contributed by atoms with Gasteiger partial charge in [-0.05, 0) is 69.2 Å². The van der Waals surface area contributed by atoms with Crippen LogP contribution < -0.4 is 0 Å². The van der Waals surface area contributed by atoms with Crippen LogP contribution in [0.5, 0.6) is 0 Å². The summed E-state index contributed by atoms with van der Waals surface area (Å²) >= 11 is 0. The molecule has 1 heterocycles. The van der Waals surface area contributed by atoms with Crippen LogP contribution in [0.1, 0.15) is 69.2 Å². The van der Waals surface area contributed by atoms with Gasteiger partial charge in [-0.25, -0.2) is 0 Å². The van der Waals surface area contributed by atoms with E-state index in [0.717, 1.165) is 0 Å². The second-order valence-corrected chi connectivity index (χ2v) is 9.32. The Morgan fingerprint density at radius 3 is 1.48 bits per heavy atom. The van der Waals surface area contributed by atoms with Gasteiger partial charge in [0, 0.05) is 0 Å². The van der Waals surface area contributed by atoms with Crippen molar-refractivity contribution in [3.63, 3.8) is 0 Å². The van der Waals surface area contributed by atoms with Gasteiger partial charge in [-0.1, -0.05) is 0 Å². The molecule has 0 aliphatic carbocycles. The van der Waals surface area contributed by atoms with Crippen molar-refractivity contribution in [2.24, 2.45) is 0 Å². The Kier molecular flexibility index (Phi) is 6.31. The molecule has 0 bridgehead atoms. The molecular weight excluding hydrogens is 296 g/mol. The fourth-order valence-electron chi connectivity index (χ4n) is 2.51. The number of hydrogen-bond acceptors (Lipinski definition) is 5. The number of aliphatic hydroxyl groups excluding tert-OH is 1. The molecule has 5 unspecified atom stereocenters. The van der Waals surface area contributed by atoms with Crippen molar-refractivity contribution in [1.29, 1.82) is 0 Å². The molecule has 1 aliphatic heterocycles. The Hall–Kier alpha value is -0.200. The van der Waals surface area contributed by atoms with E-state index in [1.807, 2.05) is 69.2 Å². The fraction of sp³-hybridized carbons (Fsp3) is 1.00. The summed E-state index contributed by atoms with van der Waals surface area (Å²) in [5, 5.41) is 10.6. The zero-order valence-corrected chi connectivity index (χ0v) is 16.5. The van der Waals surface area contributed by atoms with Crippen LogP contribution in [-0.2, 0) is 18.9 Å². The molecule has 0 spiro atoms. The third-order valence-electron chi connectivity index (χ3n) is 3.21. The van der Waals surface area contributed by atoms with Crippen LogP contribution in [0.4, 0.5) is 0 Å². The second kappa shape index (κ2) is 6.96. The predicted octanol–water partition coefficient (Wildman–Crippen LogP) is 3.27. The first-order valence-corrected chi connectivity index (χ1v) is 8.46. The maximum Gasteiger partial charge on any atom is 0.187 e. The minimum Gasteiger partial charge on any atom is -0.388 e. The molecule has 0 aromatic carbocycles. The average molecular weight is 332 g/mol. The standard InChI is InChI=1S/C18H36O5/c1-11-12(19)13(21-16(2,3)4)14(22-17(5,6)7)15(20-11)23-18(8,9)10/h11-15,19H,1-10H3. The van der Waals surface area contributed by atoms with E-state index in [0.29, 0.717) is 0 Å². The largest absolute Gasteiger partial charge is 0.388 e. The predicted molar refractivity (Wildman–Crippen MR) is 90.4 cm³/mol. The molecule has 1 N–H and O–H groups in total. The van der Waals surface area contributed by atoms with Gasteiger partial charge in [0.1, 0.15) is 18.3 Å². The quantitative estimate of drug-likeness (QED) is 0.859. The van der Waals surface area contributed by atoms with Crippen molar-refractivity contribution >= 4 is 0 Å². The first-order valence-electron chi connectivity index (χ1n) is 8.46. The van der Waals surface area contributed by atoms with Gasteiger partial charge in [-0.3, -0.25) is 0 Å². The molecule has 0 saturated carbocycles. The number of ether oxygens (including phenoxy) is 4. The van der Waals surface area contributed by atoms with Gasteiger partial charge in [0.05, 0.1) is 22.9 Å². The first kappa shape index (κ1) is 20.8. The van der Waals surface area contributed by atoms with Crippen molar-refractivity contribution in [2.75, 3.05) is 0 Å². The lowest BCUT2D eigenvalue weighted by Gasteiger charge is -2.48. The highest BCUT2D eigenvalue weighted by Gasteiger charge is 2.49. The monoisotopic (exact) mass is 332 g/mol. The summed E-state index contributed by atoms with van der Waals surface area (Å²) in [5.41, 5.74) is -1.21. The third-order valence-corrected chi connectivity index (χ3v) is 3.21. The molecule has 23 heavy (non-hydrogen) atoms. The molecule has 1 aliphatic rings. The van der Waals surface area contributed by atoms with Gasteiger partial charge < -0.3 is 24.1 Å². The Morgan fingerprint density at radius 1 is 0.696 bits per heavy atom. The van der Waals surface area contributed by atoms with Gasteiger partial charge >= 0.3 is 0 Å². The molecule has 1 saturated heterocycles. The van der Waals surface area contributed by atoms with Gasteiger partial charge in [0.15, 0.2) is 6.29 Å². The summed E-state index contributed by atoms with van der Waals surface area (Å²) in [6, 6.07) is 0. The average Bonchev–Trinajstić information content (AvgIpc) is 2.25. The van der Waals surface area contributed by atoms with Gasteiger partial charge in [-0.15, -0.1) is 0 Å². The summed E-state index contributed by atoms with van der Waals surface area (Å²) in [6.45, 7) is 19.6. The molecular formula is C18H36O5. The zero-order chi connectivity index (χ0) is 18.2. The minimum absolute atomic E-state index is 0.390. The fourth-order valence-corrected chi connectivity index (χ4v) is 2.51. The zero-order valence-electron chi connectivity index (χ0n) is 16.5. The number of aliphatic hydroxyl groups is 1. The molecule has 5 nitrogen and oxygen atoms in total. The summed E-state index contributed by atoms with van der Waals surface area (Å²) in [6.07, 6.45) is -2.80. The number of hydrogen-bond donors (Lipinski definition) is 1. The van der Waals surface area contributed by atoms with Crippen LogP contribution in [0.2, 0.25) is 0 Å². The van der Waals surface area contributed by atoms with E-state index < -0.39 is 47.5 Å². The Morgan fingerprint density at radius 2 is 1.09 bits per heavy atom. The summed E-state index contributed by atoms with van der Waals surface area (Å²) in [5.74, 6) is 0. The molecule has 1 rings (SSSR count). The molecule has 0 aromatic rings. The van der Waals surface area contributed by atoms with Crippen LogP contribution in [-0.4, -0.2) is 52.6 Å². The molecule has 0 radical (unpaired) electrons. The minimum atomic E-state index is -0.776. The highest BCUT2D eigenvalue weighted by Crippen LogP contribution is 2.33. The Balaban J connectivity index is 3.12. The van der Waals surface area contributed by atoms with E-state index in [2.05, 4.69) is 0 Å².